The number of benzene rings is 2. The number of anilines is 1. The highest BCUT2D eigenvalue weighted by molar-refractivity contribution is 7.80. The predicted octanol–water partition coefficient (Wildman–Crippen LogP) is 1.28. The summed E-state index contributed by atoms with van der Waals surface area (Å²) in [4.78, 5) is 23.2. The molecule has 0 saturated heterocycles. The molecule has 1 heterocycles. The van der Waals surface area contributed by atoms with Gasteiger partial charge in [-0.05, 0) is 36.5 Å². The summed E-state index contributed by atoms with van der Waals surface area (Å²) in [6.45, 7) is 2.01. The second-order valence-electron chi connectivity index (χ2n) is 7.07. The van der Waals surface area contributed by atoms with Gasteiger partial charge in [0, 0.05) is 11.8 Å². The summed E-state index contributed by atoms with van der Waals surface area (Å²) in [6.07, 6.45) is 0. The number of aromatic nitrogens is 2. The van der Waals surface area contributed by atoms with Crippen LogP contribution < -0.4 is 20.5 Å². The second kappa shape index (κ2) is 9.49. The molecule has 0 aliphatic heterocycles. The maximum absolute atomic E-state index is 12.4. The highest BCUT2D eigenvalue weighted by Crippen LogP contribution is 2.17. The Morgan fingerprint density at radius 1 is 1.24 bits per heavy atom. The smallest absolute Gasteiger partial charge is 0.258 e. The first-order valence-electron chi connectivity index (χ1n) is 9.43. The Labute approximate surface area is 175 Å². The molecule has 3 aromatic rings. The summed E-state index contributed by atoms with van der Waals surface area (Å²) in [5.74, 6) is 1.33. The molecule has 29 heavy (non-hydrogen) atoms. The third kappa shape index (κ3) is 5.52. The summed E-state index contributed by atoms with van der Waals surface area (Å²) < 4.78 is 5.28. The van der Waals surface area contributed by atoms with Gasteiger partial charge in [0.25, 0.3) is 5.56 Å². The zero-order valence-electron chi connectivity index (χ0n) is 16.9. The van der Waals surface area contributed by atoms with E-state index in [1.54, 1.807) is 13.2 Å². The molecule has 0 fully saturated rings. The fourth-order valence-electron chi connectivity index (χ4n) is 2.90. The number of nitrogens with one attached hydrogen (secondary N) is 3. The number of H-pyrrole nitrogens is 1. The molecule has 7 nitrogen and oxygen atoms in total. The maximum atomic E-state index is 12.4. The van der Waals surface area contributed by atoms with E-state index in [2.05, 4.69) is 29.4 Å². The number of ether oxygens (including phenoxy) is 1. The van der Waals surface area contributed by atoms with Crippen molar-refractivity contribution in [2.45, 2.75) is 6.54 Å². The molecule has 0 spiro atoms. The molecule has 2 aromatic carbocycles. The van der Waals surface area contributed by atoms with Gasteiger partial charge in [-0.25, -0.2) is 4.98 Å². The lowest BCUT2D eigenvalue weighted by atomic mass is 10.2. The van der Waals surface area contributed by atoms with Crippen molar-refractivity contribution in [1.29, 1.82) is 0 Å². The summed E-state index contributed by atoms with van der Waals surface area (Å²) in [5, 5.41) is 4.41. The van der Waals surface area contributed by atoms with Gasteiger partial charge in [0.05, 0.1) is 51.7 Å². The van der Waals surface area contributed by atoms with Crippen LogP contribution in [0.4, 0.5) is 5.69 Å². The zero-order valence-corrected chi connectivity index (χ0v) is 17.7. The first kappa shape index (κ1) is 20.8. The van der Waals surface area contributed by atoms with E-state index in [1.165, 1.54) is 4.90 Å². The van der Waals surface area contributed by atoms with E-state index in [4.69, 9.17) is 17.0 Å². The van der Waals surface area contributed by atoms with Crippen LogP contribution in [0.15, 0.2) is 53.3 Å². The van der Waals surface area contributed by atoms with Crippen molar-refractivity contribution in [1.82, 2.24) is 14.9 Å². The monoisotopic (exact) mass is 412 g/mol. The number of rotatable bonds is 7. The number of para-hydroxylation sites is 1. The molecule has 0 bridgehead atoms. The fourth-order valence-corrected chi connectivity index (χ4v) is 3.18. The summed E-state index contributed by atoms with van der Waals surface area (Å²) in [6, 6.07) is 14.9. The highest BCUT2D eigenvalue weighted by atomic mass is 32.1. The molecule has 0 amide bonds. The van der Waals surface area contributed by atoms with E-state index >= 15 is 0 Å². The molecular weight excluding hydrogens is 386 g/mol. The first-order valence-corrected chi connectivity index (χ1v) is 9.84. The molecule has 3 N–H and O–H groups in total. The summed E-state index contributed by atoms with van der Waals surface area (Å²) in [7, 11) is 5.81. The van der Waals surface area contributed by atoms with E-state index in [1.807, 2.05) is 47.4 Å². The number of likely N-dealkylation sites (N-methyl/N-ethyl adjacent to an activating group) is 1. The quantitative estimate of drug-likeness (QED) is 0.508. The average molecular weight is 413 g/mol. The molecule has 0 aliphatic rings. The average Bonchev–Trinajstić information content (AvgIpc) is 2.71. The molecular formula is C21H26N5O2S+. The summed E-state index contributed by atoms with van der Waals surface area (Å²) in [5.41, 5.74) is 1.38. The Morgan fingerprint density at radius 3 is 2.79 bits per heavy atom. The number of nitrogens with zero attached hydrogens (tertiary/aromatic N) is 2. The lowest BCUT2D eigenvalue weighted by Crippen LogP contribution is -3.06. The number of quaternary nitrogens is 1. The fraction of sp³-hybridized carbons (Fsp3) is 0.286. The number of fused-ring (bicyclic) bond motifs is 1. The predicted molar refractivity (Wildman–Crippen MR) is 120 cm³/mol. The molecule has 152 valence electrons. The van der Waals surface area contributed by atoms with Crippen molar-refractivity contribution >= 4 is 33.9 Å². The van der Waals surface area contributed by atoms with Crippen LogP contribution in [0, 0.1) is 0 Å². The van der Waals surface area contributed by atoms with Crippen LogP contribution >= 0.6 is 12.2 Å². The first-order chi connectivity index (χ1) is 14.0. The molecule has 0 aliphatic carbocycles. The van der Waals surface area contributed by atoms with E-state index in [0.717, 1.165) is 18.0 Å². The second-order valence-corrected chi connectivity index (χ2v) is 7.46. The van der Waals surface area contributed by atoms with Crippen LogP contribution in [0.3, 0.4) is 0 Å². The number of methoxy groups -OCH3 is 1. The Bertz CT molecular complexity index is 1050. The van der Waals surface area contributed by atoms with Crippen LogP contribution in [0.2, 0.25) is 0 Å². The Morgan fingerprint density at radius 2 is 2.03 bits per heavy atom. The Hall–Kier alpha value is -2.97. The number of thiocarbonyl (C=S) groups is 1. The molecule has 3 rings (SSSR count). The van der Waals surface area contributed by atoms with Gasteiger partial charge in [-0.1, -0.05) is 18.2 Å². The standard InChI is InChI=1S/C21H25N5O2S/c1-25(2)11-12-26(21(29)22-15-7-6-8-16(13-15)28-3)14-19-23-18-10-5-4-9-17(18)20(27)24-19/h4-10,13H,11-12,14H2,1-3H3,(H,22,29)(H,23,24,27)/p+1. The molecule has 0 radical (unpaired) electrons. The summed E-state index contributed by atoms with van der Waals surface area (Å²) >= 11 is 5.66. The largest absolute Gasteiger partial charge is 0.497 e. The lowest BCUT2D eigenvalue weighted by Gasteiger charge is -2.26. The van der Waals surface area contributed by atoms with E-state index in [-0.39, 0.29) is 5.56 Å². The zero-order chi connectivity index (χ0) is 20.8. The molecule has 1 aromatic heterocycles. The van der Waals surface area contributed by atoms with Crippen LogP contribution in [-0.2, 0) is 6.54 Å². The van der Waals surface area contributed by atoms with Crippen molar-refractivity contribution in [2.75, 3.05) is 39.6 Å². The minimum absolute atomic E-state index is 0.143. The minimum atomic E-state index is -0.143. The van der Waals surface area contributed by atoms with E-state index in [0.29, 0.717) is 34.9 Å². The van der Waals surface area contributed by atoms with Gasteiger partial charge >= 0.3 is 0 Å². The van der Waals surface area contributed by atoms with Gasteiger partial charge in [-0.2, -0.15) is 0 Å². The number of hydrogen-bond acceptors (Lipinski definition) is 4. The van der Waals surface area contributed by atoms with Gasteiger partial charge in [0.15, 0.2) is 5.11 Å². The third-order valence-electron chi connectivity index (χ3n) is 4.49. The molecule has 0 saturated carbocycles. The van der Waals surface area contributed by atoms with E-state index < -0.39 is 0 Å². The van der Waals surface area contributed by atoms with E-state index in [9.17, 15) is 4.79 Å². The lowest BCUT2D eigenvalue weighted by molar-refractivity contribution is -0.857. The molecule has 0 unspecified atom stereocenters. The highest BCUT2D eigenvalue weighted by Gasteiger charge is 2.15. The minimum Gasteiger partial charge on any atom is -0.497 e. The number of aromatic amines is 1. The van der Waals surface area contributed by atoms with Gasteiger partial charge in [0.2, 0.25) is 0 Å². The van der Waals surface area contributed by atoms with Crippen molar-refractivity contribution in [3.05, 3.63) is 64.7 Å². The van der Waals surface area contributed by atoms with Crippen LogP contribution in [0.1, 0.15) is 5.82 Å². The Balaban J connectivity index is 1.82. The topological polar surface area (TPSA) is 74.7 Å². The van der Waals surface area contributed by atoms with Crippen molar-refractivity contribution < 1.29 is 9.64 Å². The van der Waals surface area contributed by atoms with Crippen LogP contribution in [-0.4, -0.2) is 54.3 Å². The normalized spacial score (nSPS) is 10.9. The Kier molecular flexibility index (Phi) is 6.79. The van der Waals surface area contributed by atoms with Crippen LogP contribution in [0.25, 0.3) is 10.9 Å². The van der Waals surface area contributed by atoms with Crippen molar-refractivity contribution in [3.8, 4) is 5.75 Å². The van der Waals surface area contributed by atoms with Gasteiger partial charge in [-0.15, -0.1) is 0 Å². The van der Waals surface area contributed by atoms with Gasteiger partial charge < -0.3 is 24.8 Å². The molecule has 0 atom stereocenters. The van der Waals surface area contributed by atoms with Crippen LogP contribution in [0.5, 0.6) is 5.75 Å². The maximum Gasteiger partial charge on any atom is 0.258 e. The van der Waals surface area contributed by atoms with Gasteiger partial charge in [-0.3, -0.25) is 4.79 Å². The third-order valence-corrected chi connectivity index (χ3v) is 4.85. The molecule has 8 heteroatoms. The SMILES string of the molecule is COc1cccc(NC(=S)N(CC[NH+](C)C)Cc2nc3ccccc3c(=O)[nH]2)c1. The number of hydrogen-bond donors (Lipinski definition) is 3. The van der Waals surface area contributed by atoms with Gasteiger partial charge in [0.1, 0.15) is 11.6 Å². The van der Waals surface area contributed by atoms with Crippen molar-refractivity contribution in [2.24, 2.45) is 0 Å². The van der Waals surface area contributed by atoms with Crippen molar-refractivity contribution in [3.63, 3.8) is 0 Å².